The molecule has 1 aromatic heterocycles. The third-order valence-corrected chi connectivity index (χ3v) is 3.81. The molecule has 0 aliphatic carbocycles. The number of carbonyl (C=O) groups is 2. The number of carboxylic acid groups (broad SMARTS) is 1. The fourth-order valence-electron chi connectivity index (χ4n) is 1.69. The molecule has 0 atom stereocenters. The first-order chi connectivity index (χ1) is 10.1. The van der Waals surface area contributed by atoms with Crippen LogP contribution >= 0.6 is 11.3 Å². The second kappa shape index (κ2) is 9.36. The van der Waals surface area contributed by atoms with E-state index in [1.165, 1.54) is 11.3 Å². The van der Waals surface area contributed by atoms with Crippen LogP contribution in [0.5, 0.6) is 5.75 Å². The van der Waals surface area contributed by atoms with Gasteiger partial charge in [-0.2, -0.15) is 0 Å². The number of ether oxygens (including phenoxy) is 2. The van der Waals surface area contributed by atoms with Crippen LogP contribution in [0.4, 0.5) is 0 Å². The van der Waals surface area contributed by atoms with Crippen molar-refractivity contribution >= 4 is 23.2 Å². The maximum absolute atomic E-state index is 11.6. The van der Waals surface area contributed by atoms with E-state index in [-0.39, 0.29) is 23.1 Å². The largest absolute Gasteiger partial charge is 0.482 e. The fourth-order valence-corrected chi connectivity index (χ4v) is 2.73. The van der Waals surface area contributed by atoms with Crippen molar-refractivity contribution < 1.29 is 24.2 Å². The maximum Gasteiger partial charge on any atom is 0.349 e. The van der Waals surface area contributed by atoms with Crippen molar-refractivity contribution in [2.24, 2.45) is 0 Å². The number of methoxy groups -OCH3 is 1. The number of thiophene rings is 1. The average Bonchev–Trinajstić information content (AvgIpc) is 2.85. The van der Waals surface area contributed by atoms with Crippen LogP contribution in [-0.4, -0.2) is 43.9 Å². The van der Waals surface area contributed by atoms with Crippen LogP contribution in [0.25, 0.3) is 0 Å². The molecule has 0 saturated heterocycles. The van der Waals surface area contributed by atoms with E-state index in [1.807, 2.05) is 6.92 Å². The molecule has 0 unspecified atom stereocenters. The Labute approximate surface area is 128 Å². The highest BCUT2D eigenvalue weighted by Gasteiger charge is 2.17. The monoisotopic (exact) mass is 315 g/mol. The Morgan fingerprint density at radius 1 is 1.43 bits per heavy atom. The van der Waals surface area contributed by atoms with Gasteiger partial charge in [0, 0.05) is 25.1 Å². The van der Waals surface area contributed by atoms with Gasteiger partial charge in [0.25, 0.3) is 5.91 Å². The summed E-state index contributed by atoms with van der Waals surface area (Å²) in [6.45, 7) is 2.92. The van der Waals surface area contributed by atoms with Gasteiger partial charge in [-0.15, -0.1) is 11.3 Å². The highest BCUT2D eigenvalue weighted by Crippen LogP contribution is 2.30. The first-order valence-electron chi connectivity index (χ1n) is 6.82. The Bertz CT molecular complexity index is 472. The molecule has 0 fully saturated rings. The van der Waals surface area contributed by atoms with Crippen molar-refractivity contribution in [1.82, 2.24) is 5.32 Å². The molecule has 21 heavy (non-hydrogen) atoms. The topological polar surface area (TPSA) is 84.9 Å². The second-order valence-electron chi connectivity index (χ2n) is 4.45. The molecule has 0 aliphatic heterocycles. The first-order valence-corrected chi connectivity index (χ1v) is 7.64. The summed E-state index contributed by atoms with van der Waals surface area (Å²) in [5.74, 6) is -1.04. The highest BCUT2D eigenvalue weighted by molar-refractivity contribution is 7.14. The number of rotatable bonds is 10. The zero-order valence-electron chi connectivity index (χ0n) is 12.3. The Morgan fingerprint density at radius 3 is 2.81 bits per heavy atom. The van der Waals surface area contributed by atoms with Crippen molar-refractivity contribution in [2.75, 3.05) is 26.9 Å². The summed E-state index contributed by atoms with van der Waals surface area (Å²) in [4.78, 5) is 23.8. The smallest absolute Gasteiger partial charge is 0.349 e. The summed E-state index contributed by atoms with van der Waals surface area (Å²) >= 11 is 1.20. The van der Waals surface area contributed by atoms with Gasteiger partial charge in [0.1, 0.15) is 5.75 Å². The van der Waals surface area contributed by atoms with Gasteiger partial charge in [-0.3, -0.25) is 4.79 Å². The van der Waals surface area contributed by atoms with Gasteiger partial charge < -0.3 is 19.9 Å². The summed E-state index contributed by atoms with van der Waals surface area (Å²) in [6, 6.07) is 1.70. The van der Waals surface area contributed by atoms with Crippen LogP contribution in [0.1, 0.15) is 34.3 Å². The number of hydrogen-bond acceptors (Lipinski definition) is 5. The SMILES string of the molecule is CCCc1cc(OCC(=O)NCCCOC)c(C(=O)O)s1. The lowest BCUT2D eigenvalue weighted by atomic mass is 10.3. The molecule has 1 aromatic rings. The molecule has 0 saturated carbocycles. The summed E-state index contributed by atoms with van der Waals surface area (Å²) in [5.41, 5.74) is 0. The van der Waals surface area contributed by atoms with E-state index in [0.29, 0.717) is 13.2 Å². The summed E-state index contributed by atoms with van der Waals surface area (Å²) in [6.07, 6.45) is 2.46. The molecule has 0 aromatic carbocycles. The first kappa shape index (κ1) is 17.5. The molecule has 0 bridgehead atoms. The molecule has 0 spiro atoms. The zero-order chi connectivity index (χ0) is 15.7. The molecule has 0 aliphatic rings. The van der Waals surface area contributed by atoms with Crippen molar-refractivity contribution in [3.05, 3.63) is 15.8 Å². The number of amides is 1. The molecule has 1 rings (SSSR count). The highest BCUT2D eigenvalue weighted by atomic mass is 32.1. The lowest BCUT2D eigenvalue weighted by Crippen LogP contribution is -2.30. The quantitative estimate of drug-likeness (QED) is 0.644. The zero-order valence-corrected chi connectivity index (χ0v) is 13.1. The normalized spacial score (nSPS) is 10.4. The molecule has 7 heteroatoms. The van der Waals surface area contributed by atoms with Gasteiger partial charge in [-0.25, -0.2) is 4.79 Å². The Hall–Kier alpha value is -1.60. The van der Waals surface area contributed by atoms with Gasteiger partial charge in [-0.05, 0) is 18.9 Å². The third-order valence-electron chi connectivity index (χ3n) is 2.65. The Balaban J connectivity index is 2.49. The van der Waals surface area contributed by atoms with Crippen LogP contribution < -0.4 is 10.1 Å². The lowest BCUT2D eigenvalue weighted by molar-refractivity contribution is -0.123. The van der Waals surface area contributed by atoms with E-state index in [0.717, 1.165) is 24.1 Å². The third kappa shape index (κ3) is 6.14. The van der Waals surface area contributed by atoms with Crippen LogP contribution in [0, 0.1) is 0 Å². The Morgan fingerprint density at radius 2 is 2.19 bits per heavy atom. The Kier molecular flexibility index (Phi) is 7.78. The number of aryl methyl sites for hydroxylation is 1. The summed E-state index contributed by atoms with van der Waals surface area (Å²) < 4.78 is 10.2. The van der Waals surface area contributed by atoms with Crippen molar-refractivity contribution in [2.45, 2.75) is 26.2 Å². The molecular weight excluding hydrogens is 294 g/mol. The minimum absolute atomic E-state index is 0.144. The van der Waals surface area contributed by atoms with E-state index in [4.69, 9.17) is 14.6 Å². The number of carboxylic acids is 1. The van der Waals surface area contributed by atoms with Crippen LogP contribution in [0.15, 0.2) is 6.07 Å². The minimum Gasteiger partial charge on any atom is -0.482 e. The van der Waals surface area contributed by atoms with Crippen molar-refractivity contribution in [3.8, 4) is 5.75 Å². The van der Waals surface area contributed by atoms with E-state index >= 15 is 0 Å². The van der Waals surface area contributed by atoms with E-state index < -0.39 is 5.97 Å². The number of carbonyl (C=O) groups excluding carboxylic acids is 1. The van der Waals surface area contributed by atoms with E-state index in [2.05, 4.69) is 5.32 Å². The van der Waals surface area contributed by atoms with Gasteiger partial charge in [0.2, 0.25) is 0 Å². The van der Waals surface area contributed by atoms with Gasteiger partial charge in [0.15, 0.2) is 11.5 Å². The average molecular weight is 315 g/mol. The van der Waals surface area contributed by atoms with Crippen LogP contribution in [-0.2, 0) is 16.0 Å². The van der Waals surface area contributed by atoms with Crippen molar-refractivity contribution in [1.29, 1.82) is 0 Å². The molecule has 1 amide bonds. The molecule has 1 heterocycles. The summed E-state index contributed by atoms with van der Waals surface area (Å²) in [5, 5.41) is 11.8. The van der Waals surface area contributed by atoms with E-state index in [1.54, 1.807) is 13.2 Å². The fraction of sp³-hybridized carbons (Fsp3) is 0.571. The predicted octanol–water partition coefficient (Wildman–Crippen LogP) is 1.93. The molecule has 2 N–H and O–H groups in total. The van der Waals surface area contributed by atoms with Gasteiger partial charge >= 0.3 is 5.97 Å². The number of nitrogens with one attached hydrogen (secondary N) is 1. The minimum atomic E-state index is -1.03. The standard InChI is InChI=1S/C14H21NO5S/c1-3-5-10-8-11(13(21-10)14(17)18)20-9-12(16)15-6-4-7-19-2/h8H,3-7,9H2,1-2H3,(H,15,16)(H,17,18). The second-order valence-corrected chi connectivity index (χ2v) is 5.58. The van der Waals surface area contributed by atoms with Crippen LogP contribution in [0.2, 0.25) is 0 Å². The summed E-state index contributed by atoms with van der Waals surface area (Å²) in [7, 11) is 1.60. The van der Waals surface area contributed by atoms with Crippen molar-refractivity contribution in [3.63, 3.8) is 0 Å². The van der Waals surface area contributed by atoms with Gasteiger partial charge in [0.05, 0.1) is 0 Å². The number of hydrogen-bond donors (Lipinski definition) is 2. The molecular formula is C14H21NO5S. The molecule has 6 nitrogen and oxygen atoms in total. The molecule has 0 radical (unpaired) electrons. The maximum atomic E-state index is 11.6. The number of aromatic carboxylic acids is 1. The lowest BCUT2D eigenvalue weighted by Gasteiger charge is -2.06. The van der Waals surface area contributed by atoms with E-state index in [9.17, 15) is 9.59 Å². The predicted molar refractivity (Wildman–Crippen MR) is 80.3 cm³/mol. The van der Waals surface area contributed by atoms with Crippen LogP contribution in [0.3, 0.4) is 0 Å². The van der Waals surface area contributed by atoms with Gasteiger partial charge in [-0.1, -0.05) is 13.3 Å². The molecule has 118 valence electrons.